The van der Waals surface area contributed by atoms with Crippen molar-refractivity contribution in [3.05, 3.63) is 29.8 Å². The zero-order chi connectivity index (χ0) is 17.7. The standard InChI is InChI=1S/C16H23N3O4S/c1-12(2)18-15(20)11-17-16(21)13-6-5-7-14(10-13)24(22,23)19-8-3-4-9-19/h5-7,10,12H,3-4,8-9,11H2,1-2H3,(H,17,21)(H,18,20). The van der Waals surface area contributed by atoms with Gasteiger partial charge in [0.1, 0.15) is 0 Å². The number of amides is 2. The van der Waals surface area contributed by atoms with Crippen molar-refractivity contribution in [3.63, 3.8) is 0 Å². The monoisotopic (exact) mass is 353 g/mol. The van der Waals surface area contributed by atoms with Gasteiger partial charge in [0, 0.05) is 24.7 Å². The van der Waals surface area contributed by atoms with Gasteiger partial charge in [-0.3, -0.25) is 9.59 Å². The molecule has 0 radical (unpaired) electrons. The van der Waals surface area contributed by atoms with E-state index in [0.29, 0.717) is 13.1 Å². The van der Waals surface area contributed by atoms with Crippen LogP contribution in [0.4, 0.5) is 0 Å². The number of carbonyl (C=O) groups excluding carboxylic acids is 2. The molecule has 7 nitrogen and oxygen atoms in total. The summed E-state index contributed by atoms with van der Waals surface area (Å²) in [6.45, 7) is 4.52. The number of sulfonamides is 1. The lowest BCUT2D eigenvalue weighted by Crippen LogP contribution is -2.39. The number of hydrogen-bond acceptors (Lipinski definition) is 4. The van der Waals surface area contributed by atoms with Gasteiger partial charge in [-0.2, -0.15) is 4.31 Å². The maximum Gasteiger partial charge on any atom is 0.251 e. The maximum atomic E-state index is 12.5. The molecule has 1 aromatic carbocycles. The summed E-state index contributed by atoms with van der Waals surface area (Å²) in [5, 5.41) is 5.16. The Bertz CT molecular complexity index is 710. The van der Waals surface area contributed by atoms with Crippen LogP contribution in [0.3, 0.4) is 0 Å². The number of benzene rings is 1. The number of hydrogen-bond donors (Lipinski definition) is 2. The van der Waals surface area contributed by atoms with Gasteiger partial charge in [0.2, 0.25) is 15.9 Å². The first kappa shape index (κ1) is 18.4. The fourth-order valence-electron chi connectivity index (χ4n) is 2.51. The summed E-state index contributed by atoms with van der Waals surface area (Å²) in [4.78, 5) is 23.8. The first-order chi connectivity index (χ1) is 11.3. The lowest BCUT2D eigenvalue weighted by atomic mass is 10.2. The molecule has 1 aromatic rings. The molecule has 2 N–H and O–H groups in total. The minimum Gasteiger partial charge on any atom is -0.352 e. The molecule has 24 heavy (non-hydrogen) atoms. The molecule has 1 aliphatic heterocycles. The third-order valence-electron chi connectivity index (χ3n) is 3.66. The van der Waals surface area contributed by atoms with Crippen LogP contribution in [0.25, 0.3) is 0 Å². The molecule has 0 unspecified atom stereocenters. The fourth-order valence-corrected chi connectivity index (χ4v) is 4.07. The summed E-state index contributed by atoms with van der Waals surface area (Å²) in [7, 11) is -3.57. The van der Waals surface area contributed by atoms with Crippen molar-refractivity contribution in [2.75, 3.05) is 19.6 Å². The summed E-state index contributed by atoms with van der Waals surface area (Å²) < 4.78 is 26.5. The third kappa shape index (κ3) is 4.55. The highest BCUT2D eigenvalue weighted by Crippen LogP contribution is 2.21. The van der Waals surface area contributed by atoms with E-state index in [1.54, 1.807) is 0 Å². The summed E-state index contributed by atoms with van der Waals surface area (Å²) in [6, 6.07) is 5.88. The number of rotatable bonds is 6. The second-order valence-electron chi connectivity index (χ2n) is 6.04. The maximum absolute atomic E-state index is 12.5. The van der Waals surface area contributed by atoms with Crippen LogP contribution in [-0.2, 0) is 14.8 Å². The predicted molar refractivity (Wildman–Crippen MR) is 90.0 cm³/mol. The van der Waals surface area contributed by atoms with Crippen molar-refractivity contribution in [2.45, 2.75) is 37.6 Å². The van der Waals surface area contributed by atoms with Crippen molar-refractivity contribution in [1.29, 1.82) is 0 Å². The lowest BCUT2D eigenvalue weighted by molar-refractivity contribution is -0.120. The van der Waals surface area contributed by atoms with Gasteiger partial charge in [-0.25, -0.2) is 8.42 Å². The van der Waals surface area contributed by atoms with E-state index in [4.69, 9.17) is 0 Å². The molecular weight excluding hydrogens is 330 g/mol. The van der Waals surface area contributed by atoms with E-state index < -0.39 is 15.9 Å². The van der Waals surface area contributed by atoms with Crippen molar-refractivity contribution in [1.82, 2.24) is 14.9 Å². The van der Waals surface area contributed by atoms with E-state index >= 15 is 0 Å². The number of nitrogens with one attached hydrogen (secondary N) is 2. The molecule has 2 rings (SSSR count). The van der Waals surface area contributed by atoms with Gasteiger partial charge in [-0.05, 0) is 44.9 Å². The smallest absolute Gasteiger partial charge is 0.251 e. The van der Waals surface area contributed by atoms with E-state index in [-0.39, 0.29) is 29.0 Å². The van der Waals surface area contributed by atoms with Gasteiger partial charge in [-0.1, -0.05) is 6.07 Å². The average molecular weight is 353 g/mol. The minimum atomic E-state index is -3.57. The van der Waals surface area contributed by atoms with Gasteiger partial charge in [0.15, 0.2) is 0 Å². The van der Waals surface area contributed by atoms with E-state index in [1.807, 2.05) is 13.8 Å². The molecule has 8 heteroatoms. The SMILES string of the molecule is CC(C)NC(=O)CNC(=O)c1cccc(S(=O)(=O)N2CCCC2)c1. The quantitative estimate of drug-likeness (QED) is 0.788. The molecule has 0 aromatic heterocycles. The second kappa shape index (κ2) is 7.76. The molecule has 0 spiro atoms. The molecule has 2 amide bonds. The Kier molecular flexibility index (Phi) is 5.95. The molecule has 0 aliphatic carbocycles. The van der Waals surface area contributed by atoms with Crippen LogP contribution >= 0.6 is 0 Å². The van der Waals surface area contributed by atoms with Crippen molar-refractivity contribution in [3.8, 4) is 0 Å². The van der Waals surface area contributed by atoms with Crippen LogP contribution in [-0.4, -0.2) is 50.2 Å². The molecule has 0 saturated carbocycles. The molecule has 0 bridgehead atoms. The Morgan fingerprint density at radius 1 is 1.21 bits per heavy atom. The zero-order valence-corrected chi connectivity index (χ0v) is 14.7. The summed E-state index contributed by atoms with van der Waals surface area (Å²) in [5.74, 6) is -0.772. The van der Waals surface area contributed by atoms with E-state index in [1.165, 1.54) is 28.6 Å². The van der Waals surface area contributed by atoms with Crippen molar-refractivity contribution < 1.29 is 18.0 Å². The van der Waals surface area contributed by atoms with E-state index in [2.05, 4.69) is 10.6 Å². The fraction of sp³-hybridized carbons (Fsp3) is 0.500. The van der Waals surface area contributed by atoms with Gasteiger partial charge in [-0.15, -0.1) is 0 Å². The molecule has 1 fully saturated rings. The van der Waals surface area contributed by atoms with E-state index in [9.17, 15) is 18.0 Å². The first-order valence-electron chi connectivity index (χ1n) is 7.98. The first-order valence-corrected chi connectivity index (χ1v) is 9.42. The average Bonchev–Trinajstić information content (AvgIpc) is 3.07. The highest BCUT2D eigenvalue weighted by molar-refractivity contribution is 7.89. The topological polar surface area (TPSA) is 95.6 Å². The van der Waals surface area contributed by atoms with Crippen LogP contribution in [0.5, 0.6) is 0 Å². The predicted octanol–water partition coefficient (Wildman–Crippen LogP) is 0.725. The Labute approximate surface area is 142 Å². The normalized spacial score (nSPS) is 15.5. The molecule has 1 aliphatic rings. The Balaban J connectivity index is 2.07. The van der Waals surface area contributed by atoms with Crippen LogP contribution in [0.15, 0.2) is 29.2 Å². The summed E-state index contributed by atoms with van der Waals surface area (Å²) in [6.07, 6.45) is 1.70. The molecule has 1 heterocycles. The van der Waals surface area contributed by atoms with Gasteiger partial charge >= 0.3 is 0 Å². The van der Waals surface area contributed by atoms with Crippen molar-refractivity contribution in [2.24, 2.45) is 0 Å². The lowest BCUT2D eigenvalue weighted by Gasteiger charge is -2.16. The molecule has 0 atom stereocenters. The van der Waals surface area contributed by atoms with Crippen LogP contribution in [0, 0.1) is 0 Å². The Hall–Kier alpha value is -1.93. The molecule has 1 saturated heterocycles. The largest absolute Gasteiger partial charge is 0.352 e. The van der Waals surface area contributed by atoms with Gasteiger partial charge in [0.25, 0.3) is 5.91 Å². The Morgan fingerprint density at radius 2 is 1.88 bits per heavy atom. The number of nitrogens with zero attached hydrogens (tertiary/aromatic N) is 1. The van der Waals surface area contributed by atoms with Crippen LogP contribution in [0.2, 0.25) is 0 Å². The number of carbonyl (C=O) groups is 2. The summed E-state index contributed by atoms with van der Waals surface area (Å²) >= 11 is 0. The van der Waals surface area contributed by atoms with E-state index in [0.717, 1.165) is 12.8 Å². The van der Waals surface area contributed by atoms with Gasteiger partial charge in [0.05, 0.1) is 11.4 Å². The van der Waals surface area contributed by atoms with Crippen LogP contribution < -0.4 is 10.6 Å². The third-order valence-corrected chi connectivity index (χ3v) is 5.55. The summed E-state index contributed by atoms with van der Waals surface area (Å²) in [5.41, 5.74) is 0.215. The molecule has 132 valence electrons. The van der Waals surface area contributed by atoms with Gasteiger partial charge < -0.3 is 10.6 Å². The van der Waals surface area contributed by atoms with Crippen LogP contribution in [0.1, 0.15) is 37.0 Å². The highest BCUT2D eigenvalue weighted by atomic mass is 32.2. The minimum absolute atomic E-state index is 0.0108. The highest BCUT2D eigenvalue weighted by Gasteiger charge is 2.27. The Morgan fingerprint density at radius 3 is 2.50 bits per heavy atom. The second-order valence-corrected chi connectivity index (χ2v) is 7.98. The zero-order valence-electron chi connectivity index (χ0n) is 13.9. The van der Waals surface area contributed by atoms with Crippen molar-refractivity contribution >= 4 is 21.8 Å². The molecular formula is C16H23N3O4S.